The van der Waals surface area contributed by atoms with Crippen molar-refractivity contribution in [1.29, 1.82) is 0 Å². The zero-order chi connectivity index (χ0) is 14.4. The minimum Gasteiger partial charge on any atom is -0.478 e. The molecule has 0 spiro atoms. The summed E-state index contributed by atoms with van der Waals surface area (Å²) in [5.41, 5.74) is 6.14. The molecule has 0 heterocycles. The third-order valence-electron chi connectivity index (χ3n) is 2.76. The summed E-state index contributed by atoms with van der Waals surface area (Å²) in [5.74, 6) is -1.23. The van der Waals surface area contributed by atoms with Gasteiger partial charge in [-0.25, -0.2) is 4.79 Å². The number of carboxylic acids is 1. The average Bonchev–Trinajstić information content (AvgIpc) is 2.37. The predicted octanol–water partition coefficient (Wildman–Crippen LogP) is 2.46. The van der Waals surface area contributed by atoms with Gasteiger partial charge in [0.25, 0.3) is 0 Å². The molecule has 0 aliphatic heterocycles. The number of carbonyl (C=O) groups excluding carboxylic acids is 1. The highest BCUT2D eigenvalue weighted by molar-refractivity contribution is 9.10. The first-order valence-electron chi connectivity index (χ1n) is 5.99. The summed E-state index contributed by atoms with van der Waals surface area (Å²) in [7, 11) is 0. The van der Waals surface area contributed by atoms with Crippen LogP contribution in [0.15, 0.2) is 22.7 Å². The summed E-state index contributed by atoms with van der Waals surface area (Å²) in [5, 5.41) is 11.6. The summed E-state index contributed by atoms with van der Waals surface area (Å²) >= 11 is 3.25. The summed E-state index contributed by atoms with van der Waals surface area (Å²) < 4.78 is 0.548. The van der Waals surface area contributed by atoms with Gasteiger partial charge in [0.2, 0.25) is 5.91 Å². The predicted molar refractivity (Wildman–Crippen MR) is 77.2 cm³/mol. The Morgan fingerprint density at radius 2 is 2.16 bits per heavy atom. The standard InChI is InChI=1S/C13H17BrN2O3/c1-8(3-2-6-15)12(17)16-11-5-4-9(13(18)19)7-10(11)14/h4-5,7-8H,2-3,6,15H2,1H3,(H,16,17)(H,18,19). The van der Waals surface area contributed by atoms with Gasteiger partial charge in [-0.1, -0.05) is 6.92 Å². The maximum Gasteiger partial charge on any atom is 0.335 e. The highest BCUT2D eigenvalue weighted by atomic mass is 79.9. The van der Waals surface area contributed by atoms with Crippen molar-refractivity contribution in [2.45, 2.75) is 19.8 Å². The third-order valence-corrected chi connectivity index (χ3v) is 3.42. The lowest BCUT2D eigenvalue weighted by Gasteiger charge is -2.13. The van der Waals surface area contributed by atoms with Crippen molar-refractivity contribution in [2.24, 2.45) is 11.7 Å². The second kappa shape index (κ2) is 7.25. The number of benzene rings is 1. The van der Waals surface area contributed by atoms with E-state index in [1.807, 2.05) is 6.92 Å². The maximum atomic E-state index is 11.9. The van der Waals surface area contributed by atoms with Gasteiger partial charge in [-0.15, -0.1) is 0 Å². The van der Waals surface area contributed by atoms with E-state index >= 15 is 0 Å². The number of hydrogen-bond acceptors (Lipinski definition) is 3. The Morgan fingerprint density at radius 3 is 2.68 bits per heavy atom. The molecule has 0 aromatic heterocycles. The molecule has 0 saturated heterocycles. The van der Waals surface area contributed by atoms with Crippen LogP contribution in [-0.4, -0.2) is 23.5 Å². The van der Waals surface area contributed by atoms with Crippen molar-refractivity contribution in [2.75, 3.05) is 11.9 Å². The van der Waals surface area contributed by atoms with E-state index in [9.17, 15) is 9.59 Å². The molecular formula is C13H17BrN2O3. The lowest BCUT2D eigenvalue weighted by atomic mass is 10.0. The van der Waals surface area contributed by atoms with E-state index in [2.05, 4.69) is 21.2 Å². The van der Waals surface area contributed by atoms with Crippen LogP contribution in [0.2, 0.25) is 0 Å². The number of halogens is 1. The Balaban J connectivity index is 2.72. The molecule has 1 aromatic rings. The van der Waals surface area contributed by atoms with E-state index in [1.54, 1.807) is 6.07 Å². The van der Waals surface area contributed by atoms with Gasteiger partial charge in [-0.05, 0) is 53.5 Å². The monoisotopic (exact) mass is 328 g/mol. The van der Waals surface area contributed by atoms with Gasteiger partial charge in [0.1, 0.15) is 0 Å². The molecule has 0 aliphatic carbocycles. The number of nitrogens with one attached hydrogen (secondary N) is 1. The second-order valence-corrected chi connectivity index (χ2v) is 5.18. The first-order valence-corrected chi connectivity index (χ1v) is 6.78. The van der Waals surface area contributed by atoms with Crippen molar-refractivity contribution >= 4 is 33.5 Å². The zero-order valence-corrected chi connectivity index (χ0v) is 12.2. The number of amides is 1. The molecular weight excluding hydrogens is 312 g/mol. The number of anilines is 1. The Kier molecular flexibility index (Phi) is 5.98. The molecule has 19 heavy (non-hydrogen) atoms. The molecule has 1 unspecified atom stereocenters. The van der Waals surface area contributed by atoms with E-state index < -0.39 is 5.97 Å². The fourth-order valence-corrected chi connectivity index (χ4v) is 2.04. The summed E-state index contributed by atoms with van der Waals surface area (Å²) in [6.45, 7) is 2.40. The molecule has 0 aliphatic rings. The number of carbonyl (C=O) groups is 2. The molecule has 0 radical (unpaired) electrons. The zero-order valence-electron chi connectivity index (χ0n) is 10.6. The van der Waals surface area contributed by atoms with E-state index in [4.69, 9.17) is 10.8 Å². The van der Waals surface area contributed by atoms with Gasteiger partial charge in [0.15, 0.2) is 0 Å². The third kappa shape index (κ3) is 4.65. The minimum atomic E-state index is -1.00. The van der Waals surface area contributed by atoms with Crippen LogP contribution in [0.4, 0.5) is 5.69 Å². The van der Waals surface area contributed by atoms with E-state index in [0.29, 0.717) is 16.7 Å². The summed E-state index contributed by atoms with van der Waals surface area (Å²) in [6, 6.07) is 4.48. The first-order chi connectivity index (χ1) is 8.95. The van der Waals surface area contributed by atoms with Gasteiger partial charge >= 0.3 is 5.97 Å². The number of aromatic carboxylic acids is 1. The van der Waals surface area contributed by atoms with Crippen LogP contribution in [0.25, 0.3) is 0 Å². The van der Waals surface area contributed by atoms with Crippen molar-refractivity contribution in [3.05, 3.63) is 28.2 Å². The Bertz CT molecular complexity index is 477. The lowest BCUT2D eigenvalue weighted by molar-refractivity contribution is -0.119. The summed E-state index contributed by atoms with van der Waals surface area (Å²) in [6.07, 6.45) is 1.53. The highest BCUT2D eigenvalue weighted by Gasteiger charge is 2.14. The Labute approximate surface area is 120 Å². The van der Waals surface area contributed by atoms with Gasteiger partial charge in [0.05, 0.1) is 11.3 Å². The maximum absolute atomic E-state index is 11.9. The topological polar surface area (TPSA) is 92.4 Å². The van der Waals surface area contributed by atoms with Crippen LogP contribution in [0, 0.1) is 5.92 Å². The Morgan fingerprint density at radius 1 is 1.47 bits per heavy atom. The van der Waals surface area contributed by atoms with Crippen LogP contribution in [0.1, 0.15) is 30.1 Å². The fraction of sp³-hybridized carbons (Fsp3) is 0.385. The smallest absolute Gasteiger partial charge is 0.335 e. The molecule has 1 atom stereocenters. The molecule has 1 rings (SSSR count). The average molecular weight is 329 g/mol. The van der Waals surface area contributed by atoms with Gasteiger partial charge < -0.3 is 16.2 Å². The van der Waals surface area contributed by atoms with Crippen LogP contribution in [-0.2, 0) is 4.79 Å². The van der Waals surface area contributed by atoms with E-state index in [-0.39, 0.29) is 17.4 Å². The van der Waals surface area contributed by atoms with Crippen LogP contribution in [0.5, 0.6) is 0 Å². The quantitative estimate of drug-likeness (QED) is 0.747. The van der Waals surface area contributed by atoms with Crippen LogP contribution < -0.4 is 11.1 Å². The molecule has 4 N–H and O–H groups in total. The van der Waals surface area contributed by atoms with Crippen LogP contribution in [0.3, 0.4) is 0 Å². The number of hydrogen-bond donors (Lipinski definition) is 3. The molecule has 6 heteroatoms. The van der Waals surface area contributed by atoms with Crippen LogP contribution >= 0.6 is 15.9 Å². The largest absolute Gasteiger partial charge is 0.478 e. The molecule has 5 nitrogen and oxygen atoms in total. The molecule has 0 saturated carbocycles. The van der Waals surface area contributed by atoms with Crippen molar-refractivity contribution in [3.8, 4) is 0 Å². The number of carboxylic acid groups (broad SMARTS) is 1. The number of nitrogens with two attached hydrogens (primary N) is 1. The SMILES string of the molecule is CC(CCCN)C(=O)Nc1ccc(C(=O)O)cc1Br. The second-order valence-electron chi connectivity index (χ2n) is 4.32. The van der Waals surface area contributed by atoms with E-state index in [1.165, 1.54) is 12.1 Å². The normalized spacial score (nSPS) is 11.9. The van der Waals surface area contributed by atoms with Crippen molar-refractivity contribution in [3.63, 3.8) is 0 Å². The molecule has 0 fully saturated rings. The van der Waals surface area contributed by atoms with Crippen molar-refractivity contribution < 1.29 is 14.7 Å². The lowest BCUT2D eigenvalue weighted by Crippen LogP contribution is -2.21. The summed E-state index contributed by atoms with van der Waals surface area (Å²) in [4.78, 5) is 22.7. The molecule has 1 aromatic carbocycles. The van der Waals surface area contributed by atoms with Gasteiger partial charge in [-0.2, -0.15) is 0 Å². The first kappa shape index (κ1) is 15.7. The number of rotatable bonds is 6. The molecule has 104 valence electrons. The molecule has 0 bridgehead atoms. The minimum absolute atomic E-state index is 0.0998. The van der Waals surface area contributed by atoms with Gasteiger partial charge in [-0.3, -0.25) is 4.79 Å². The molecule has 1 amide bonds. The van der Waals surface area contributed by atoms with Gasteiger partial charge in [0, 0.05) is 10.4 Å². The Hall–Kier alpha value is -1.40. The fourth-order valence-electron chi connectivity index (χ4n) is 1.56. The highest BCUT2D eigenvalue weighted by Crippen LogP contribution is 2.24. The van der Waals surface area contributed by atoms with Crippen molar-refractivity contribution in [1.82, 2.24) is 0 Å². The van der Waals surface area contributed by atoms with E-state index in [0.717, 1.165) is 12.8 Å².